The van der Waals surface area contributed by atoms with Gasteiger partial charge in [0.2, 0.25) is 0 Å². The molecule has 0 saturated carbocycles. The highest BCUT2D eigenvalue weighted by Crippen LogP contribution is 2.34. The maximum Gasteiger partial charge on any atom is 0.170 e. The number of carbonyl (C=O) groups excluding carboxylic acids is 1. The summed E-state index contributed by atoms with van der Waals surface area (Å²) in [5.41, 5.74) is 2.50. The van der Waals surface area contributed by atoms with Crippen molar-refractivity contribution in [2.24, 2.45) is 0 Å². The molecule has 0 bridgehead atoms. The number of Topliss-reactive ketones (excluding diaryl/α,β-unsaturated/α-hetero) is 1. The summed E-state index contributed by atoms with van der Waals surface area (Å²) in [6.07, 6.45) is 5.23. The zero-order chi connectivity index (χ0) is 24.6. The zero-order valence-electron chi connectivity index (χ0n) is 21.5. The van der Waals surface area contributed by atoms with Crippen LogP contribution in [0.5, 0.6) is 17.2 Å². The van der Waals surface area contributed by atoms with Crippen molar-refractivity contribution >= 4 is 29.2 Å². The van der Waals surface area contributed by atoms with Gasteiger partial charge in [-0.3, -0.25) is 4.79 Å². The number of halogens is 1. The van der Waals surface area contributed by atoms with Gasteiger partial charge >= 0.3 is 0 Å². The molecule has 7 nitrogen and oxygen atoms in total. The van der Waals surface area contributed by atoms with Crippen LogP contribution in [0.2, 0.25) is 0 Å². The molecule has 1 fully saturated rings. The second-order valence-electron chi connectivity index (χ2n) is 9.17. The lowest BCUT2D eigenvalue weighted by Crippen LogP contribution is -2.34. The van der Waals surface area contributed by atoms with E-state index in [2.05, 4.69) is 23.0 Å². The van der Waals surface area contributed by atoms with Gasteiger partial charge in [-0.15, -0.1) is 12.4 Å². The average Bonchev–Trinajstić information content (AvgIpc) is 3.30. The largest absolute Gasteiger partial charge is 0.493 e. The molecule has 1 aromatic heterocycles. The van der Waals surface area contributed by atoms with Crippen LogP contribution >= 0.6 is 12.4 Å². The molecular formula is C28H37ClN2O5. The SMILES string of the molecule is CCCCOc1ccc2c(C3CCN(CCCOc4ccc(C(C)=O)cc4OC)CC3)noc2c1.Cl. The molecule has 0 unspecified atom stereocenters. The first kappa shape index (κ1) is 27.8. The van der Waals surface area contributed by atoms with E-state index in [4.69, 9.17) is 18.7 Å². The fourth-order valence-corrected chi connectivity index (χ4v) is 4.56. The lowest BCUT2D eigenvalue weighted by atomic mass is 9.91. The molecule has 0 atom stereocenters. The first-order valence-electron chi connectivity index (χ1n) is 12.6. The second kappa shape index (κ2) is 13.5. The standard InChI is InChI=1S/C28H36N2O5.ClH/c1-4-5-16-33-23-8-9-24-26(19-23)35-29-28(24)21-11-14-30(15-12-21)13-6-17-34-25-10-7-22(20(2)31)18-27(25)32-3;/h7-10,18-19,21H,4-6,11-17H2,1-3H3;1H. The molecule has 8 heteroatoms. The van der Waals surface area contributed by atoms with Gasteiger partial charge < -0.3 is 23.6 Å². The van der Waals surface area contributed by atoms with E-state index in [-0.39, 0.29) is 18.2 Å². The maximum absolute atomic E-state index is 11.6. The fourth-order valence-electron chi connectivity index (χ4n) is 4.56. The fraction of sp³-hybridized carbons (Fsp3) is 0.500. The summed E-state index contributed by atoms with van der Waals surface area (Å²) in [4.78, 5) is 14.0. The Labute approximate surface area is 219 Å². The first-order chi connectivity index (χ1) is 17.1. The van der Waals surface area contributed by atoms with Crippen molar-refractivity contribution in [3.63, 3.8) is 0 Å². The normalized spacial score (nSPS) is 14.4. The van der Waals surface area contributed by atoms with E-state index in [1.807, 2.05) is 18.2 Å². The molecule has 0 N–H and O–H groups in total. The third-order valence-corrected chi connectivity index (χ3v) is 6.66. The minimum absolute atomic E-state index is 0. The van der Waals surface area contributed by atoms with Crippen LogP contribution in [0.1, 0.15) is 67.9 Å². The number of ketones is 1. The predicted octanol–water partition coefficient (Wildman–Crippen LogP) is 6.29. The third-order valence-electron chi connectivity index (χ3n) is 6.66. The second-order valence-corrected chi connectivity index (χ2v) is 9.17. The minimum Gasteiger partial charge on any atom is -0.493 e. The van der Waals surface area contributed by atoms with E-state index >= 15 is 0 Å². The van der Waals surface area contributed by atoms with Crippen molar-refractivity contribution in [2.75, 3.05) is 40.0 Å². The van der Waals surface area contributed by atoms with Crippen LogP contribution < -0.4 is 14.2 Å². The number of hydrogen-bond acceptors (Lipinski definition) is 7. The van der Waals surface area contributed by atoms with Crippen LogP contribution in [0.15, 0.2) is 40.9 Å². The molecular weight excluding hydrogens is 480 g/mol. The molecule has 36 heavy (non-hydrogen) atoms. The molecule has 0 aliphatic carbocycles. The Hall–Kier alpha value is -2.77. The van der Waals surface area contributed by atoms with Crippen molar-refractivity contribution in [1.29, 1.82) is 0 Å². The Morgan fingerprint density at radius 2 is 1.83 bits per heavy atom. The topological polar surface area (TPSA) is 74.0 Å². The van der Waals surface area contributed by atoms with Gasteiger partial charge in [-0.1, -0.05) is 18.5 Å². The van der Waals surface area contributed by atoms with Crippen molar-refractivity contribution in [1.82, 2.24) is 10.1 Å². The number of hydrogen-bond donors (Lipinski definition) is 0. The summed E-state index contributed by atoms with van der Waals surface area (Å²) in [5.74, 6) is 2.54. The smallest absolute Gasteiger partial charge is 0.170 e. The number of nitrogens with zero attached hydrogens (tertiary/aromatic N) is 2. The molecule has 0 amide bonds. The Morgan fingerprint density at radius 3 is 2.56 bits per heavy atom. The summed E-state index contributed by atoms with van der Waals surface area (Å²) < 4.78 is 22.8. The van der Waals surface area contributed by atoms with Crippen molar-refractivity contribution in [2.45, 2.75) is 51.9 Å². The van der Waals surface area contributed by atoms with Gasteiger partial charge in [-0.25, -0.2) is 0 Å². The highest BCUT2D eigenvalue weighted by molar-refractivity contribution is 5.94. The molecule has 2 heterocycles. The van der Waals surface area contributed by atoms with E-state index in [1.54, 1.807) is 26.2 Å². The number of rotatable bonds is 12. The third kappa shape index (κ3) is 6.92. The van der Waals surface area contributed by atoms with Crippen LogP contribution in [-0.2, 0) is 0 Å². The summed E-state index contributed by atoms with van der Waals surface area (Å²) in [6.45, 7) is 8.09. The van der Waals surface area contributed by atoms with Crippen LogP contribution in [0.4, 0.5) is 0 Å². The highest BCUT2D eigenvalue weighted by atomic mass is 35.5. The molecule has 4 rings (SSSR count). The molecule has 3 aromatic rings. The lowest BCUT2D eigenvalue weighted by molar-refractivity contribution is 0.101. The van der Waals surface area contributed by atoms with E-state index in [0.717, 1.165) is 80.8 Å². The van der Waals surface area contributed by atoms with Gasteiger partial charge in [0.25, 0.3) is 0 Å². The number of carbonyl (C=O) groups is 1. The number of fused-ring (bicyclic) bond motifs is 1. The minimum atomic E-state index is 0. The number of methoxy groups -OCH3 is 1. The Bertz CT molecular complexity index is 1120. The molecule has 1 aliphatic rings. The van der Waals surface area contributed by atoms with E-state index in [9.17, 15) is 4.79 Å². The van der Waals surface area contributed by atoms with E-state index < -0.39 is 0 Å². The monoisotopic (exact) mass is 516 g/mol. The van der Waals surface area contributed by atoms with Crippen molar-refractivity contribution in [3.05, 3.63) is 47.7 Å². The molecule has 1 saturated heterocycles. The quantitative estimate of drug-likeness (QED) is 0.207. The highest BCUT2D eigenvalue weighted by Gasteiger charge is 2.25. The first-order valence-corrected chi connectivity index (χ1v) is 12.6. The van der Waals surface area contributed by atoms with Crippen LogP contribution in [-0.4, -0.2) is 55.8 Å². The van der Waals surface area contributed by atoms with E-state index in [1.165, 1.54) is 0 Å². The molecule has 0 spiro atoms. The predicted molar refractivity (Wildman–Crippen MR) is 143 cm³/mol. The average molecular weight is 517 g/mol. The lowest BCUT2D eigenvalue weighted by Gasteiger charge is -2.31. The van der Waals surface area contributed by atoms with Crippen molar-refractivity contribution < 1.29 is 23.5 Å². The summed E-state index contributed by atoms with van der Waals surface area (Å²) in [5, 5.41) is 5.52. The molecule has 196 valence electrons. The Morgan fingerprint density at radius 1 is 1.06 bits per heavy atom. The summed E-state index contributed by atoms with van der Waals surface area (Å²) >= 11 is 0. The Balaban J connectivity index is 0.00000361. The van der Waals surface area contributed by atoms with Gasteiger partial charge in [0.05, 0.1) is 26.0 Å². The van der Waals surface area contributed by atoms with E-state index in [0.29, 0.717) is 29.6 Å². The molecule has 0 radical (unpaired) electrons. The number of likely N-dealkylation sites (tertiary alicyclic amines) is 1. The van der Waals surface area contributed by atoms with Gasteiger partial charge in [0, 0.05) is 29.5 Å². The van der Waals surface area contributed by atoms with Crippen LogP contribution in [0.3, 0.4) is 0 Å². The number of ether oxygens (including phenoxy) is 3. The van der Waals surface area contributed by atoms with Gasteiger partial charge in [0.1, 0.15) is 5.75 Å². The number of aromatic nitrogens is 1. The van der Waals surface area contributed by atoms with Gasteiger partial charge in [0.15, 0.2) is 22.9 Å². The molecule has 1 aliphatic heterocycles. The van der Waals surface area contributed by atoms with Crippen molar-refractivity contribution in [3.8, 4) is 17.2 Å². The van der Waals surface area contributed by atoms with Crippen LogP contribution in [0.25, 0.3) is 11.0 Å². The van der Waals surface area contributed by atoms with Gasteiger partial charge in [-0.2, -0.15) is 0 Å². The van der Waals surface area contributed by atoms with Gasteiger partial charge in [-0.05, 0) is 76.0 Å². The molecule has 2 aromatic carbocycles. The maximum atomic E-state index is 11.6. The number of piperidine rings is 1. The summed E-state index contributed by atoms with van der Waals surface area (Å²) in [6, 6.07) is 11.4. The number of unbranched alkanes of at least 4 members (excludes halogenated alkanes) is 1. The van der Waals surface area contributed by atoms with Crippen LogP contribution in [0, 0.1) is 0 Å². The zero-order valence-corrected chi connectivity index (χ0v) is 22.3. The number of benzene rings is 2. The Kier molecular flexibility index (Phi) is 10.4. The summed E-state index contributed by atoms with van der Waals surface area (Å²) in [7, 11) is 1.59.